The molecule has 25 heavy (non-hydrogen) atoms. The summed E-state index contributed by atoms with van der Waals surface area (Å²) in [7, 11) is -3.99. The largest absolute Gasteiger partial charge is 0.480 e. The lowest BCUT2D eigenvalue weighted by molar-refractivity contribution is -0.140. The molecule has 0 bridgehead atoms. The van der Waals surface area contributed by atoms with E-state index >= 15 is 0 Å². The number of hydrogen-bond acceptors (Lipinski definition) is 5. The summed E-state index contributed by atoms with van der Waals surface area (Å²) in [6.07, 6.45) is 0. The number of amides is 1. The van der Waals surface area contributed by atoms with Crippen molar-refractivity contribution in [3.63, 3.8) is 0 Å². The van der Waals surface area contributed by atoms with Gasteiger partial charge in [0.05, 0.1) is 18.1 Å². The molecule has 1 amide bonds. The normalized spacial score (nSPS) is 16.7. The summed E-state index contributed by atoms with van der Waals surface area (Å²) in [6, 6.07) is 4.24. The molecule has 0 radical (unpaired) electrons. The van der Waals surface area contributed by atoms with Crippen LogP contribution in [-0.2, 0) is 19.6 Å². The predicted octanol–water partition coefficient (Wildman–Crippen LogP) is 0.547. The number of aliphatic carboxylic acids is 1. The van der Waals surface area contributed by atoms with Gasteiger partial charge in [0.15, 0.2) is 0 Å². The number of nitrogens with one attached hydrogen (secondary N) is 1. The summed E-state index contributed by atoms with van der Waals surface area (Å²) in [5.74, 6) is -1.84. The Hall–Kier alpha value is -1.97. The minimum atomic E-state index is -3.99. The summed E-state index contributed by atoms with van der Waals surface area (Å²) in [5.41, 5.74) is 0.375. The van der Waals surface area contributed by atoms with Crippen LogP contribution in [0.15, 0.2) is 29.2 Å². The van der Waals surface area contributed by atoms with Gasteiger partial charge in [-0.25, -0.2) is 8.42 Å². The number of morpholine rings is 1. The molecular weight excluding hydrogens is 348 g/mol. The maximum Gasteiger partial charge on any atom is 0.322 e. The minimum absolute atomic E-state index is 0.0853. The summed E-state index contributed by atoms with van der Waals surface area (Å²) < 4.78 is 32.1. The van der Waals surface area contributed by atoms with Gasteiger partial charge >= 0.3 is 5.97 Å². The third-order valence-electron chi connectivity index (χ3n) is 3.92. The Balaban J connectivity index is 2.15. The topological polar surface area (TPSA) is 113 Å². The first-order valence-electron chi connectivity index (χ1n) is 7.94. The van der Waals surface area contributed by atoms with E-state index in [0.29, 0.717) is 31.9 Å². The first-order valence-corrected chi connectivity index (χ1v) is 9.43. The van der Waals surface area contributed by atoms with Crippen molar-refractivity contribution in [2.75, 3.05) is 26.3 Å². The fraction of sp³-hybridized carbons (Fsp3) is 0.500. The van der Waals surface area contributed by atoms with Crippen LogP contribution < -0.4 is 4.72 Å². The number of benzene rings is 1. The molecule has 1 aliphatic rings. The second-order valence-electron chi connectivity index (χ2n) is 6.11. The lowest BCUT2D eigenvalue weighted by Gasteiger charge is -2.26. The van der Waals surface area contributed by atoms with Crippen LogP contribution in [0.25, 0.3) is 0 Å². The van der Waals surface area contributed by atoms with Gasteiger partial charge in [-0.15, -0.1) is 0 Å². The zero-order valence-electron chi connectivity index (χ0n) is 14.1. The first kappa shape index (κ1) is 19.4. The van der Waals surface area contributed by atoms with Crippen LogP contribution in [0.4, 0.5) is 0 Å². The van der Waals surface area contributed by atoms with E-state index in [-0.39, 0.29) is 10.8 Å². The summed E-state index contributed by atoms with van der Waals surface area (Å²) >= 11 is 0. The molecule has 1 aromatic carbocycles. The van der Waals surface area contributed by atoms with Crippen LogP contribution in [0.1, 0.15) is 24.2 Å². The van der Waals surface area contributed by atoms with E-state index in [9.17, 15) is 18.0 Å². The maximum absolute atomic E-state index is 12.3. The standard InChI is InChI=1S/C16H22N2O6S/c1-11(2)14(16(20)21)17-25(22,23)13-5-3-12(4-6-13)15(19)18-7-9-24-10-8-18/h3-6,11,14,17H,7-10H2,1-2H3,(H,20,21). The zero-order valence-corrected chi connectivity index (χ0v) is 15.0. The molecule has 0 spiro atoms. The Morgan fingerprint density at radius 2 is 1.72 bits per heavy atom. The maximum atomic E-state index is 12.3. The van der Waals surface area contributed by atoms with Gasteiger partial charge in [0.1, 0.15) is 6.04 Å². The van der Waals surface area contributed by atoms with Gasteiger partial charge in [0.25, 0.3) is 5.91 Å². The van der Waals surface area contributed by atoms with Crippen LogP contribution in [0.5, 0.6) is 0 Å². The number of hydrogen-bond donors (Lipinski definition) is 2. The molecule has 1 atom stereocenters. The van der Waals surface area contributed by atoms with Crippen molar-refractivity contribution in [1.82, 2.24) is 9.62 Å². The molecule has 0 aliphatic carbocycles. The van der Waals surface area contributed by atoms with Crippen LogP contribution >= 0.6 is 0 Å². The number of carbonyl (C=O) groups excluding carboxylic acids is 1. The molecule has 1 unspecified atom stereocenters. The van der Waals surface area contributed by atoms with Crippen molar-refractivity contribution >= 4 is 21.9 Å². The molecule has 1 aliphatic heterocycles. The smallest absolute Gasteiger partial charge is 0.322 e. The van der Waals surface area contributed by atoms with Crippen LogP contribution in [-0.4, -0.2) is 62.6 Å². The molecule has 2 rings (SSSR count). The van der Waals surface area contributed by atoms with Crippen molar-refractivity contribution in [2.24, 2.45) is 5.92 Å². The van der Waals surface area contributed by atoms with Gasteiger partial charge in [0, 0.05) is 18.7 Å². The average molecular weight is 370 g/mol. The molecule has 138 valence electrons. The van der Waals surface area contributed by atoms with E-state index < -0.39 is 28.0 Å². The third kappa shape index (κ3) is 4.77. The van der Waals surface area contributed by atoms with Crippen LogP contribution in [0.3, 0.4) is 0 Å². The molecule has 9 heteroatoms. The SMILES string of the molecule is CC(C)C(NS(=O)(=O)c1ccc(C(=O)N2CCOCC2)cc1)C(=O)O. The Labute approximate surface area is 146 Å². The third-order valence-corrected chi connectivity index (χ3v) is 5.38. The fourth-order valence-corrected chi connectivity index (χ4v) is 3.77. The Kier molecular flexibility index (Phi) is 6.15. The Bertz CT molecular complexity index is 723. The number of ether oxygens (including phenoxy) is 1. The van der Waals surface area contributed by atoms with E-state index in [1.807, 2.05) is 0 Å². The summed E-state index contributed by atoms with van der Waals surface area (Å²) in [6.45, 7) is 5.18. The van der Waals surface area contributed by atoms with E-state index in [2.05, 4.69) is 4.72 Å². The summed E-state index contributed by atoms with van der Waals surface area (Å²) in [5, 5.41) is 9.13. The van der Waals surface area contributed by atoms with E-state index in [4.69, 9.17) is 9.84 Å². The fourth-order valence-electron chi connectivity index (χ4n) is 2.43. The van der Waals surface area contributed by atoms with E-state index in [1.165, 1.54) is 24.3 Å². The highest BCUT2D eigenvalue weighted by Gasteiger charge is 2.28. The van der Waals surface area contributed by atoms with Gasteiger partial charge in [-0.05, 0) is 30.2 Å². The molecule has 2 N–H and O–H groups in total. The van der Waals surface area contributed by atoms with Crippen molar-refractivity contribution in [2.45, 2.75) is 24.8 Å². The molecule has 1 saturated heterocycles. The average Bonchev–Trinajstić information content (AvgIpc) is 2.59. The second kappa shape index (κ2) is 7.94. The highest BCUT2D eigenvalue weighted by molar-refractivity contribution is 7.89. The first-order chi connectivity index (χ1) is 11.7. The highest BCUT2D eigenvalue weighted by atomic mass is 32.2. The Morgan fingerprint density at radius 1 is 1.16 bits per heavy atom. The van der Waals surface area contributed by atoms with E-state index in [1.54, 1.807) is 18.7 Å². The number of rotatable bonds is 6. The molecule has 8 nitrogen and oxygen atoms in total. The van der Waals surface area contributed by atoms with E-state index in [0.717, 1.165) is 0 Å². The quantitative estimate of drug-likeness (QED) is 0.756. The summed E-state index contributed by atoms with van der Waals surface area (Å²) in [4.78, 5) is 25.1. The van der Waals surface area contributed by atoms with Crippen LogP contribution in [0.2, 0.25) is 0 Å². The molecule has 0 saturated carbocycles. The number of nitrogens with zero attached hydrogens (tertiary/aromatic N) is 1. The van der Waals surface area contributed by atoms with Gasteiger partial charge in [0.2, 0.25) is 10.0 Å². The van der Waals surface area contributed by atoms with Crippen molar-refractivity contribution in [3.8, 4) is 0 Å². The number of carboxylic acid groups (broad SMARTS) is 1. The predicted molar refractivity (Wildman–Crippen MR) is 89.7 cm³/mol. The molecule has 1 aromatic rings. The van der Waals surface area contributed by atoms with Crippen molar-refractivity contribution in [3.05, 3.63) is 29.8 Å². The minimum Gasteiger partial charge on any atom is -0.480 e. The van der Waals surface area contributed by atoms with Crippen molar-refractivity contribution in [1.29, 1.82) is 0 Å². The number of carboxylic acids is 1. The zero-order chi connectivity index (χ0) is 18.6. The highest BCUT2D eigenvalue weighted by Crippen LogP contribution is 2.15. The van der Waals surface area contributed by atoms with Gasteiger partial charge < -0.3 is 14.7 Å². The van der Waals surface area contributed by atoms with Crippen LogP contribution in [0, 0.1) is 5.92 Å². The molecule has 1 heterocycles. The van der Waals surface area contributed by atoms with Gasteiger partial charge in [-0.3, -0.25) is 9.59 Å². The molecular formula is C16H22N2O6S. The van der Waals surface area contributed by atoms with Gasteiger partial charge in [-0.2, -0.15) is 4.72 Å². The number of sulfonamides is 1. The Morgan fingerprint density at radius 3 is 2.20 bits per heavy atom. The molecule has 0 aromatic heterocycles. The second-order valence-corrected chi connectivity index (χ2v) is 7.82. The van der Waals surface area contributed by atoms with Gasteiger partial charge in [-0.1, -0.05) is 13.8 Å². The van der Waals surface area contributed by atoms with Crippen molar-refractivity contribution < 1.29 is 27.9 Å². The lowest BCUT2D eigenvalue weighted by atomic mass is 10.1. The monoisotopic (exact) mass is 370 g/mol. The number of carbonyl (C=O) groups is 2. The lowest BCUT2D eigenvalue weighted by Crippen LogP contribution is -2.44. The molecule has 1 fully saturated rings.